The molecule has 196 valence electrons. The number of ether oxygens (including phenoxy) is 1. The van der Waals surface area contributed by atoms with E-state index in [2.05, 4.69) is 9.84 Å². The Balaban J connectivity index is 1.58. The van der Waals surface area contributed by atoms with Crippen LogP contribution in [-0.4, -0.2) is 52.4 Å². The van der Waals surface area contributed by atoms with Gasteiger partial charge in [-0.3, -0.25) is 9.32 Å². The zero-order valence-corrected chi connectivity index (χ0v) is 20.0. The maximum absolute atomic E-state index is 13.0. The summed E-state index contributed by atoms with van der Waals surface area (Å²) >= 11 is 0. The molecule has 3 rings (SSSR count). The molecule has 1 atom stereocenters. The number of alkyl carbamates (subject to hydrolysis) is 1. The molecule has 2 aromatic rings. The molecule has 3 N–H and O–H groups in total. The predicted octanol–water partition coefficient (Wildman–Crippen LogP) is 3.82. The molecule has 0 aliphatic carbocycles. The number of nitrogens with zero attached hydrogens (tertiary/aromatic N) is 1. The van der Waals surface area contributed by atoms with E-state index < -0.39 is 44.2 Å². The summed E-state index contributed by atoms with van der Waals surface area (Å²) in [4.78, 5) is 44.7. The number of nitrogens with one attached hydrogen (secondary N) is 1. The molecule has 0 bridgehead atoms. The van der Waals surface area contributed by atoms with Gasteiger partial charge in [-0.05, 0) is 42.0 Å². The molecule has 2 amide bonds. The number of alkyl halides is 3. The molecule has 1 fully saturated rings. The number of likely N-dealkylation sites (tertiary alicyclic amines) is 1. The average Bonchev–Trinajstić information content (AvgIpc) is 2.84. The highest BCUT2D eigenvalue weighted by atomic mass is 31.2. The quantitative estimate of drug-likeness (QED) is 0.443. The first-order chi connectivity index (χ1) is 16.9. The largest absolute Gasteiger partial charge is 0.469 e. The normalized spacial score (nSPS) is 15.9. The third kappa shape index (κ3) is 8.34. The van der Waals surface area contributed by atoms with E-state index in [9.17, 15) is 27.3 Å². The number of hydrogen-bond acceptors (Lipinski definition) is 5. The molecule has 1 aliphatic heterocycles. The number of carbonyl (C=O) groups is 2. The fraction of sp³-hybridized carbons (Fsp3) is 0.391. The van der Waals surface area contributed by atoms with E-state index in [1.807, 2.05) is 0 Å². The highest BCUT2D eigenvalue weighted by Gasteiger charge is 2.33. The van der Waals surface area contributed by atoms with Crippen LogP contribution in [0.4, 0.5) is 18.0 Å². The second kappa shape index (κ2) is 11.9. The van der Waals surface area contributed by atoms with Gasteiger partial charge in [-0.15, -0.1) is 0 Å². The Labute approximate surface area is 205 Å². The van der Waals surface area contributed by atoms with E-state index in [0.717, 1.165) is 17.7 Å². The minimum absolute atomic E-state index is 0.0649. The molecule has 0 unspecified atom stereocenters. The summed E-state index contributed by atoms with van der Waals surface area (Å²) in [5, 5.41) is 2.29. The van der Waals surface area contributed by atoms with Crippen molar-refractivity contribution in [1.82, 2.24) is 10.2 Å². The van der Waals surface area contributed by atoms with Crippen LogP contribution >= 0.6 is 7.82 Å². The number of piperidine rings is 1. The summed E-state index contributed by atoms with van der Waals surface area (Å²) in [7, 11) is -4.92. The van der Waals surface area contributed by atoms with E-state index in [1.54, 1.807) is 30.3 Å². The summed E-state index contributed by atoms with van der Waals surface area (Å²) < 4.78 is 59.1. The van der Waals surface area contributed by atoms with Crippen LogP contribution in [0.25, 0.3) is 0 Å². The predicted molar refractivity (Wildman–Crippen MR) is 122 cm³/mol. The molecule has 0 saturated carbocycles. The second-order valence-electron chi connectivity index (χ2n) is 8.26. The van der Waals surface area contributed by atoms with Crippen LogP contribution in [0.1, 0.15) is 35.4 Å². The first-order valence-electron chi connectivity index (χ1n) is 11.1. The Bertz CT molecular complexity index is 1070. The molecule has 0 radical (unpaired) electrons. The van der Waals surface area contributed by atoms with Gasteiger partial charge in [0.25, 0.3) is 0 Å². The van der Waals surface area contributed by atoms with Gasteiger partial charge in [0, 0.05) is 13.1 Å². The minimum Gasteiger partial charge on any atom is -0.445 e. The van der Waals surface area contributed by atoms with Gasteiger partial charge < -0.3 is 24.7 Å². The monoisotopic (exact) mass is 530 g/mol. The van der Waals surface area contributed by atoms with E-state index in [-0.39, 0.29) is 25.6 Å². The highest BCUT2D eigenvalue weighted by Crippen LogP contribution is 2.36. The highest BCUT2D eigenvalue weighted by molar-refractivity contribution is 7.46. The molecule has 0 aromatic heterocycles. The van der Waals surface area contributed by atoms with Crippen molar-refractivity contribution < 1.29 is 46.4 Å². The number of phosphoric acid groups is 1. The standard InChI is InChI=1S/C23H26F3N2O7P/c24-23(25,26)19-8-6-17(7-9-19)18-10-12-28(13-11-18)21(29)20(15-35-36(31,32)33)27-22(30)34-14-16-4-2-1-3-5-16/h1-9,18,20H,10-15H2,(H,27,30)(H2,31,32,33)/t20-/m0/s1. The summed E-state index contributed by atoms with van der Waals surface area (Å²) in [5.74, 6) is -0.684. The van der Waals surface area contributed by atoms with Gasteiger partial charge in [0.2, 0.25) is 5.91 Å². The molecule has 1 aliphatic rings. The van der Waals surface area contributed by atoms with E-state index >= 15 is 0 Å². The van der Waals surface area contributed by atoms with Gasteiger partial charge in [0.05, 0.1) is 12.2 Å². The molecular formula is C23H26F3N2O7P. The molecular weight excluding hydrogens is 504 g/mol. The second-order valence-corrected chi connectivity index (χ2v) is 9.50. The van der Waals surface area contributed by atoms with E-state index in [1.165, 1.54) is 17.0 Å². The lowest BCUT2D eigenvalue weighted by Gasteiger charge is -2.34. The van der Waals surface area contributed by atoms with Crippen molar-refractivity contribution in [2.24, 2.45) is 0 Å². The van der Waals surface area contributed by atoms with Crippen molar-refractivity contribution in [3.05, 3.63) is 71.3 Å². The van der Waals surface area contributed by atoms with Crippen LogP contribution in [0, 0.1) is 0 Å². The Hall–Kier alpha value is -2.92. The number of hydrogen-bond donors (Lipinski definition) is 3. The molecule has 1 saturated heterocycles. The lowest BCUT2D eigenvalue weighted by molar-refractivity contribution is -0.138. The number of rotatable bonds is 8. The van der Waals surface area contributed by atoms with Crippen LogP contribution in [0.3, 0.4) is 0 Å². The number of benzene rings is 2. The van der Waals surface area contributed by atoms with Gasteiger partial charge >= 0.3 is 20.1 Å². The van der Waals surface area contributed by atoms with Gasteiger partial charge in [0.15, 0.2) is 0 Å². The lowest BCUT2D eigenvalue weighted by atomic mass is 9.88. The Morgan fingerprint density at radius 3 is 2.22 bits per heavy atom. The maximum atomic E-state index is 13.0. The molecule has 36 heavy (non-hydrogen) atoms. The topological polar surface area (TPSA) is 125 Å². The van der Waals surface area contributed by atoms with Gasteiger partial charge in [-0.25, -0.2) is 9.36 Å². The van der Waals surface area contributed by atoms with Crippen molar-refractivity contribution in [2.75, 3.05) is 19.7 Å². The number of amides is 2. The van der Waals surface area contributed by atoms with Crippen molar-refractivity contribution in [1.29, 1.82) is 0 Å². The summed E-state index contributed by atoms with van der Waals surface area (Å²) in [5.41, 5.74) is 0.684. The number of carbonyl (C=O) groups excluding carboxylic acids is 2. The Morgan fingerprint density at radius 1 is 1.06 bits per heavy atom. The molecule has 2 aromatic carbocycles. The zero-order chi connectivity index (χ0) is 26.3. The van der Waals surface area contributed by atoms with Crippen molar-refractivity contribution in [2.45, 2.75) is 37.6 Å². The summed E-state index contributed by atoms with van der Waals surface area (Å²) in [6.45, 7) is -0.386. The summed E-state index contributed by atoms with van der Waals surface area (Å²) in [6.07, 6.45) is -4.47. The van der Waals surface area contributed by atoms with Gasteiger partial charge in [-0.2, -0.15) is 13.2 Å². The average molecular weight is 530 g/mol. The third-order valence-corrected chi connectivity index (χ3v) is 6.21. The minimum atomic E-state index is -4.92. The first kappa shape index (κ1) is 27.7. The first-order valence-corrected chi connectivity index (χ1v) is 12.6. The Morgan fingerprint density at radius 2 is 1.67 bits per heavy atom. The van der Waals surface area contributed by atoms with Crippen molar-refractivity contribution in [3.8, 4) is 0 Å². The van der Waals surface area contributed by atoms with Crippen LogP contribution in [0.5, 0.6) is 0 Å². The fourth-order valence-corrected chi connectivity index (χ4v) is 4.19. The summed E-state index contributed by atoms with van der Waals surface area (Å²) in [6, 6.07) is 12.2. The SMILES string of the molecule is O=C(N[C@@H](COP(=O)(O)O)C(=O)N1CCC(c2ccc(C(F)(F)F)cc2)CC1)OCc1ccccc1. The van der Waals surface area contributed by atoms with Crippen LogP contribution in [-0.2, 0) is 31.4 Å². The molecule has 0 spiro atoms. The number of halogens is 3. The van der Waals surface area contributed by atoms with E-state index in [0.29, 0.717) is 18.4 Å². The van der Waals surface area contributed by atoms with Crippen LogP contribution in [0.15, 0.2) is 54.6 Å². The maximum Gasteiger partial charge on any atom is 0.469 e. The molecule has 9 nitrogen and oxygen atoms in total. The van der Waals surface area contributed by atoms with Gasteiger partial charge in [0.1, 0.15) is 12.6 Å². The van der Waals surface area contributed by atoms with E-state index in [4.69, 9.17) is 14.5 Å². The lowest BCUT2D eigenvalue weighted by Crippen LogP contribution is -2.52. The fourth-order valence-electron chi connectivity index (χ4n) is 3.85. The molecule has 1 heterocycles. The third-order valence-electron chi connectivity index (χ3n) is 5.73. The van der Waals surface area contributed by atoms with Crippen LogP contribution < -0.4 is 5.32 Å². The van der Waals surface area contributed by atoms with Gasteiger partial charge in [-0.1, -0.05) is 42.5 Å². The molecule has 13 heteroatoms. The number of phosphoric ester groups is 1. The smallest absolute Gasteiger partial charge is 0.445 e. The van der Waals surface area contributed by atoms with Crippen molar-refractivity contribution >= 4 is 19.8 Å². The zero-order valence-electron chi connectivity index (χ0n) is 19.1. The van der Waals surface area contributed by atoms with Crippen molar-refractivity contribution in [3.63, 3.8) is 0 Å². The Kier molecular flexibility index (Phi) is 9.13. The van der Waals surface area contributed by atoms with Crippen LogP contribution in [0.2, 0.25) is 0 Å².